The Morgan fingerprint density at radius 3 is 2.41 bits per heavy atom. The van der Waals surface area contributed by atoms with Gasteiger partial charge in [0.1, 0.15) is 5.82 Å². The van der Waals surface area contributed by atoms with Crippen LogP contribution in [0.5, 0.6) is 0 Å². The maximum atomic E-state index is 13.1. The molecule has 3 heteroatoms. The van der Waals surface area contributed by atoms with Gasteiger partial charge in [-0.05, 0) is 50.6 Å². The van der Waals surface area contributed by atoms with Crippen LogP contribution in [0.1, 0.15) is 27.3 Å². The minimum Gasteiger partial charge on any atom is -0.318 e. The van der Waals surface area contributed by atoms with E-state index in [1.54, 1.807) is 6.07 Å². The summed E-state index contributed by atoms with van der Waals surface area (Å²) in [5, 5.41) is 0. The molecular formula is C14H14FNO. The Bertz CT molecular complexity index is 584. The van der Waals surface area contributed by atoms with Crippen LogP contribution >= 0.6 is 0 Å². The lowest BCUT2D eigenvalue weighted by molar-refractivity contribution is 0.112. The molecule has 0 aliphatic heterocycles. The van der Waals surface area contributed by atoms with Gasteiger partial charge in [-0.25, -0.2) is 4.39 Å². The zero-order valence-electron chi connectivity index (χ0n) is 10.1. The van der Waals surface area contributed by atoms with Crippen molar-refractivity contribution < 1.29 is 9.18 Å². The van der Waals surface area contributed by atoms with Crippen molar-refractivity contribution in [1.29, 1.82) is 0 Å². The predicted molar refractivity (Wildman–Crippen MR) is 65.3 cm³/mol. The monoisotopic (exact) mass is 231 g/mol. The zero-order chi connectivity index (χ0) is 12.6. The summed E-state index contributed by atoms with van der Waals surface area (Å²) in [5.74, 6) is -0.246. The van der Waals surface area contributed by atoms with Gasteiger partial charge in [-0.2, -0.15) is 0 Å². The lowest BCUT2D eigenvalue weighted by Crippen LogP contribution is -2.02. The fourth-order valence-electron chi connectivity index (χ4n) is 2.15. The van der Waals surface area contributed by atoms with Gasteiger partial charge in [0.2, 0.25) is 0 Å². The summed E-state index contributed by atoms with van der Waals surface area (Å²) in [4.78, 5) is 10.9. The van der Waals surface area contributed by atoms with Crippen molar-refractivity contribution >= 4 is 6.29 Å². The third-order valence-electron chi connectivity index (χ3n) is 3.00. The normalized spacial score (nSPS) is 10.6. The Balaban J connectivity index is 2.68. The van der Waals surface area contributed by atoms with Crippen LogP contribution in [0.3, 0.4) is 0 Å². The molecule has 0 amide bonds. The van der Waals surface area contributed by atoms with Crippen LogP contribution < -0.4 is 0 Å². The largest absolute Gasteiger partial charge is 0.318 e. The molecule has 0 atom stereocenters. The Morgan fingerprint density at radius 1 is 1.18 bits per heavy atom. The van der Waals surface area contributed by atoms with Crippen molar-refractivity contribution in [3.05, 3.63) is 52.6 Å². The molecule has 0 saturated carbocycles. The van der Waals surface area contributed by atoms with E-state index in [0.29, 0.717) is 5.56 Å². The van der Waals surface area contributed by atoms with E-state index in [-0.39, 0.29) is 5.82 Å². The second kappa shape index (κ2) is 4.17. The number of aldehydes is 1. The molecule has 2 rings (SSSR count). The molecule has 0 spiro atoms. The molecule has 1 aromatic heterocycles. The van der Waals surface area contributed by atoms with Gasteiger partial charge in [0.15, 0.2) is 6.29 Å². The third-order valence-corrected chi connectivity index (χ3v) is 3.00. The molecule has 17 heavy (non-hydrogen) atoms. The number of aromatic nitrogens is 1. The fourth-order valence-corrected chi connectivity index (χ4v) is 2.15. The predicted octanol–water partition coefficient (Wildman–Crippen LogP) is 3.35. The van der Waals surface area contributed by atoms with E-state index in [9.17, 15) is 9.18 Å². The molecular weight excluding hydrogens is 217 g/mol. The number of benzene rings is 1. The summed E-state index contributed by atoms with van der Waals surface area (Å²) in [6.07, 6.45) is 0.845. The topological polar surface area (TPSA) is 22.0 Å². The van der Waals surface area contributed by atoms with E-state index in [2.05, 4.69) is 0 Å². The molecule has 0 aliphatic carbocycles. The summed E-state index contributed by atoms with van der Waals surface area (Å²) in [6.45, 7) is 5.68. The average Bonchev–Trinajstić information content (AvgIpc) is 2.55. The van der Waals surface area contributed by atoms with E-state index < -0.39 is 0 Å². The van der Waals surface area contributed by atoms with Crippen molar-refractivity contribution in [2.75, 3.05) is 0 Å². The van der Waals surface area contributed by atoms with Crippen LogP contribution in [-0.4, -0.2) is 10.9 Å². The highest BCUT2D eigenvalue weighted by Crippen LogP contribution is 2.22. The second-order valence-electron chi connectivity index (χ2n) is 4.21. The number of hydrogen-bond acceptors (Lipinski definition) is 1. The molecule has 0 bridgehead atoms. The average molecular weight is 231 g/mol. The molecule has 0 fully saturated rings. The Kier molecular flexibility index (Phi) is 2.84. The molecule has 2 nitrogen and oxygen atoms in total. The molecule has 0 aliphatic rings. The summed E-state index contributed by atoms with van der Waals surface area (Å²) >= 11 is 0. The van der Waals surface area contributed by atoms with Gasteiger partial charge >= 0.3 is 0 Å². The third kappa shape index (κ3) is 1.88. The Hall–Kier alpha value is -1.90. The summed E-state index contributed by atoms with van der Waals surface area (Å²) < 4.78 is 15.0. The van der Waals surface area contributed by atoms with Crippen LogP contribution in [0.4, 0.5) is 4.39 Å². The number of halogens is 1. The second-order valence-corrected chi connectivity index (χ2v) is 4.21. The minimum absolute atomic E-state index is 0.246. The van der Waals surface area contributed by atoms with Crippen LogP contribution in [-0.2, 0) is 0 Å². The van der Waals surface area contributed by atoms with Gasteiger partial charge in [0.05, 0.1) is 0 Å². The van der Waals surface area contributed by atoms with Crippen molar-refractivity contribution in [2.45, 2.75) is 20.8 Å². The maximum Gasteiger partial charge on any atom is 0.151 e. The lowest BCUT2D eigenvalue weighted by atomic mass is 10.2. The van der Waals surface area contributed by atoms with E-state index in [4.69, 9.17) is 0 Å². The molecule has 0 N–H and O–H groups in total. The highest BCUT2D eigenvalue weighted by Gasteiger charge is 2.11. The number of aryl methyl sites for hydroxylation is 2. The standard InChI is InChI=1S/C14H14FNO/c1-9-6-13(15)4-5-14(9)16-10(2)7-12(8-17)11(16)3/h4-8H,1-3H3. The molecule has 88 valence electrons. The van der Waals surface area contributed by atoms with Gasteiger partial charge in [-0.15, -0.1) is 0 Å². The van der Waals surface area contributed by atoms with Gasteiger partial charge in [0.25, 0.3) is 0 Å². The molecule has 0 unspecified atom stereocenters. The zero-order valence-corrected chi connectivity index (χ0v) is 10.1. The Morgan fingerprint density at radius 2 is 1.88 bits per heavy atom. The van der Waals surface area contributed by atoms with Crippen LogP contribution in [0.25, 0.3) is 5.69 Å². The number of nitrogens with zero attached hydrogens (tertiary/aromatic N) is 1. The van der Waals surface area contributed by atoms with Gasteiger partial charge in [-0.1, -0.05) is 0 Å². The van der Waals surface area contributed by atoms with Crippen molar-refractivity contribution in [2.24, 2.45) is 0 Å². The van der Waals surface area contributed by atoms with E-state index in [1.165, 1.54) is 12.1 Å². The van der Waals surface area contributed by atoms with Crippen molar-refractivity contribution in [3.63, 3.8) is 0 Å². The molecule has 0 saturated heterocycles. The Labute approximate surface area is 99.7 Å². The highest BCUT2D eigenvalue weighted by molar-refractivity contribution is 5.77. The van der Waals surface area contributed by atoms with Crippen LogP contribution in [0.15, 0.2) is 24.3 Å². The fraction of sp³-hybridized carbons (Fsp3) is 0.214. The van der Waals surface area contributed by atoms with Crippen LogP contribution in [0.2, 0.25) is 0 Å². The number of carbonyl (C=O) groups is 1. The first-order valence-electron chi connectivity index (χ1n) is 5.45. The van der Waals surface area contributed by atoms with Gasteiger partial charge in [0, 0.05) is 22.6 Å². The van der Waals surface area contributed by atoms with Gasteiger partial charge < -0.3 is 4.57 Å². The first-order valence-corrected chi connectivity index (χ1v) is 5.45. The van der Waals surface area contributed by atoms with Crippen molar-refractivity contribution in [3.8, 4) is 5.69 Å². The number of rotatable bonds is 2. The summed E-state index contributed by atoms with van der Waals surface area (Å²) in [7, 11) is 0. The van der Waals surface area contributed by atoms with E-state index in [0.717, 1.165) is 28.9 Å². The first kappa shape index (κ1) is 11.6. The number of hydrogen-bond donors (Lipinski definition) is 0. The number of carbonyl (C=O) groups excluding carboxylic acids is 1. The van der Waals surface area contributed by atoms with E-state index >= 15 is 0 Å². The molecule has 2 aromatic rings. The SMILES string of the molecule is Cc1cc(F)ccc1-n1c(C)cc(C=O)c1C. The smallest absolute Gasteiger partial charge is 0.151 e. The minimum atomic E-state index is -0.246. The lowest BCUT2D eigenvalue weighted by Gasteiger charge is -2.12. The maximum absolute atomic E-state index is 13.1. The first-order chi connectivity index (χ1) is 8.04. The van der Waals surface area contributed by atoms with Crippen LogP contribution in [0, 0.1) is 26.6 Å². The molecule has 0 radical (unpaired) electrons. The molecule has 1 heterocycles. The quantitative estimate of drug-likeness (QED) is 0.726. The van der Waals surface area contributed by atoms with Crippen molar-refractivity contribution in [1.82, 2.24) is 4.57 Å². The summed E-state index contributed by atoms with van der Waals surface area (Å²) in [6, 6.07) is 6.50. The van der Waals surface area contributed by atoms with E-state index in [1.807, 2.05) is 31.4 Å². The summed E-state index contributed by atoms with van der Waals surface area (Å²) in [5.41, 5.74) is 4.29. The highest BCUT2D eigenvalue weighted by atomic mass is 19.1. The van der Waals surface area contributed by atoms with Gasteiger partial charge in [-0.3, -0.25) is 4.79 Å². The molecule has 1 aromatic carbocycles.